The summed E-state index contributed by atoms with van der Waals surface area (Å²) < 4.78 is 66.9. The topological polar surface area (TPSA) is 82.7 Å². The van der Waals surface area contributed by atoms with Crippen LogP contribution in [0, 0.1) is 0 Å². The smallest absolute Gasteiger partial charge is 0.310 e. The maximum Gasteiger partial charge on any atom is 0.417 e. The number of hydrogen-bond acceptors (Lipinski definition) is 5. The van der Waals surface area contributed by atoms with Crippen LogP contribution in [-0.4, -0.2) is 38.3 Å². The van der Waals surface area contributed by atoms with E-state index in [0.717, 1.165) is 6.07 Å². The summed E-state index contributed by atoms with van der Waals surface area (Å²) >= 11 is 0. The summed E-state index contributed by atoms with van der Waals surface area (Å²) in [6.45, 7) is 8.69. The number of rotatable bonds is 5. The second kappa shape index (κ2) is 6.59. The lowest BCUT2D eigenvalue weighted by Crippen LogP contribution is -2.11. The lowest BCUT2D eigenvalue weighted by Gasteiger charge is -2.07. The average Bonchev–Trinajstić information content (AvgIpc) is 3.18. The lowest BCUT2D eigenvalue weighted by molar-refractivity contribution is -0.137. The van der Waals surface area contributed by atoms with Crippen LogP contribution in [0.1, 0.15) is 18.3 Å². The molecule has 3 aromatic heterocycles. The number of sulfone groups is 1. The number of aryl methyl sites for hydroxylation is 1. The second-order valence-electron chi connectivity index (χ2n) is 5.84. The van der Waals surface area contributed by atoms with Crippen LogP contribution in [0.4, 0.5) is 13.2 Å². The van der Waals surface area contributed by atoms with E-state index in [2.05, 4.69) is 28.1 Å². The standard InChI is InChI=1S/C17H16F3N5O2S/c1-5-12-23-13(16(25(12)6-2)28(26,27)7-3)15-22-11-8-10(17(18,19)20)9-21-14(11)24(15)4/h5-6,8-9H,1-2,7H2,3-4H3. The molecule has 0 N–H and O–H groups in total. The highest BCUT2D eigenvalue weighted by molar-refractivity contribution is 7.91. The number of hydrogen-bond donors (Lipinski definition) is 0. The summed E-state index contributed by atoms with van der Waals surface area (Å²) in [5.41, 5.74) is -0.822. The Kier molecular flexibility index (Phi) is 4.66. The molecule has 3 heterocycles. The molecule has 0 fully saturated rings. The molecule has 0 saturated carbocycles. The van der Waals surface area contributed by atoms with Crippen LogP contribution in [0.2, 0.25) is 0 Å². The van der Waals surface area contributed by atoms with Crippen LogP contribution in [0.15, 0.2) is 30.4 Å². The fourth-order valence-corrected chi connectivity index (χ4v) is 3.95. The van der Waals surface area contributed by atoms with Crippen LogP contribution in [0.3, 0.4) is 0 Å². The van der Waals surface area contributed by atoms with Crippen LogP contribution in [0.25, 0.3) is 35.0 Å². The zero-order valence-corrected chi connectivity index (χ0v) is 15.8. The second-order valence-corrected chi connectivity index (χ2v) is 8.04. The van der Waals surface area contributed by atoms with Gasteiger partial charge in [-0.3, -0.25) is 4.57 Å². The normalized spacial score (nSPS) is 12.5. The van der Waals surface area contributed by atoms with Gasteiger partial charge in [0, 0.05) is 19.4 Å². The Balaban J connectivity index is 2.37. The molecule has 0 radical (unpaired) electrons. The van der Waals surface area contributed by atoms with E-state index in [4.69, 9.17) is 0 Å². The summed E-state index contributed by atoms with van der Waals surface area (Å²) in [5, 5.41) is -0.158. The molecule has 0 spiro atoms. The first-order valence-corrected chi connectivity index (χ1v) is 9.70. The molecule has 3 aromatic rings. The summed E-state index contributed by atoms with van der Waals surface area (Å²) in [5.74, 6) is 0.0712. The van der Waals surface area contributed by atoms with E-state index >= 15 is 0 Å². The van der Waals surface area contributed by atoms with Crippen molar-refractivity contribution in [1.82, 2.24) is 24.1 Å². The average molecular weight is 411 g/mol. The highest BCUT2D eigenvalue weighted by atomic mass is 32.2. The quantitative estimate of drug-likeness (QED) is 0.643. The number of aromatic nitrogens is 5. The third kappa shape index (κ3) is 3.01. The van der Waals surface area contributed by atoms with E-state index < -0.39 is 21.6 Å². The van der Waals surface area contributed by atoms with Crippen molar-refractivity contribution in [3.8, 4) is 11.5 Å². The van der Waals surface area contributed by atoms with E-state index in [1.807, 2.05) is 0 Å². The number of halogens is 3. The molecule has 0 saturated heterocycles. The molecular formula is C17H16F3N5O2S. The van der Waals surface area contributed by atoms with Gasteiger partial charge in [-0.25, -0.2) is 23.4 Å². The van der Waals surface area contributed by atoms with Gasteiger partial charge in [0.1, 0.15) is 17.0 Å². The zero-order valence-electron chi connectivity index (χ0n) is 15.0. The first kappa shape index (κ1) is 19.8. The minimum absolute atomic E-state index is 0.00860. The van der Waals surface area contributed by atoms with E-state index in [0.29, 0.717) is 6.20 Å². The van der Waals surface area contributed by atoms with Crippen LogP contribution in [0.5, 0.6) is 0 Å². The van der Waals surface area contributed by atoms with E-state index in [-0.39, 0.29) is 39.3 Å². The summed E-state index contributed by atoms with van der Waals surface area (Å²) in [6, 6.07) is 0.860. The number of imidazole rings is 2. The molecule has 0 bridgehead atoms. The van der Waals surface area contributed by atoms with Gasteiger partial charge in [0.2, 0.25) is 0 Å². The predicted molar refractivity (Wildman–Crippen MR) is 98.9 cm³/mol. The number of pyridine rings is 1. The first-order chi connectivity index (χ1) is 13.0. The van der Waals surface area contributed by atoms with Crippen molar-refractivity contribution in [2.24, 2.45) is 7.05 Å². The SMILES string of the molecule is C=Cc1nc(-c2nc3cc(C(F)(F)F)cnc3n2C)c(S(=O)(=O)CC)n1C=C. The van der Waals surface area contributed by atoms with Gasteiger partial charge in [-0.15, -0.1) is 0 Å². The predicted octanol–water partition coefficient (Wildman–Crippen LogP) is 3.39. The van der Waals surface area contributed by atoms with Crippen molar-refractivity contribution < 1.29 is 21.6 Å². The molecule has 0 unspecified atom stereocenters. The molecule has 0 aliphatic heterocycles. The maximum absolute atomic E-state index is 13.0. The largest absolute Gasteiger partial charge is 0.417 e. The Morgan fingerprint density at radius 1 is 1.25 bits per heavy atom. The van der Waals surface area contributed by atoms with E-state index in [1.54, 1.807) is 0 Å². The maximum atomic E-state index is 13.0. The summed E-state index contributed by atoms with van der Waals surface area (Å²) in [6.07, 6.45) is -1.24. The molecule has 0 aliphatic carbocycles. The fourth-order valence-electron chi connectivity index (χ4n) is 2.78. The van der Waals surface area contributed by atoms with Crippen molar-refractivity contribution >= 4 is 33.3 Å². The fraction of sp³-hybridized carbons (Fsp3) is 0.235. The van der Waals surface area contributed by atoms with Gasteiger partial charge in [0.05, 0.1) is 11.3 Å². The van der Waals surface area contributed by atoms with Gasteiger partial charge >= 0.3 is 6.18 Å². The molecule has 0 amide bonds. The van der Waals surface area contributed by atoms with Crippen molar-refractivity contribution in [1.29, 1.82) is 0 Å². The molecule has 148 valence electrons. The van der Waals surface area contributed by atoms with Gasteiger partial charge in [0.25, 0.3) is 0 Å². The Labute approximate surface area is 158 Å². The number of alkyl halides is 3. The molecule has 0 aliphatic rings. The molecular weight excluding hydrogens is 395 g/mol. The highest BCUT2D eigenvalue weighted by Gasteiger charge is 2.33. The Morgan fingerprint density at radius 2 is 1.93 bits per heavy atom. The minimum atomic E-state index is -4.57. The van der Waals surface area contributed by atoms with Gasteiger partial charge < -0.3 is 4.57 Å². The molecule has 3 rings (SSSR count). The number of nitrogens with zero attached hydrogens (tertiary/aromatic N) is 5. The van der Waals surface area contributed by atoms with Gasteiger partial charge in [0.15, 0.2) is 26.3 Å². The van der Waals surface area contributed by atoms with Crippen molar-refractivity contribution in [3.05, 3.63) is 36.8 Å². The first-order valence-electron chi connectivity index (χ1n) is 8.05. The van der Waals surface area contributed by atoms with E-state index in [1.165, 1.54) is 35.4 Å². The zero-order chi connectivity index (χ0) is 20.9. The van der Waals surface area contributed by atoms with Crippen molar-refractivity contribution in [3.63, 3.8) is 0 Å². The molecule has 0 aromatic carbocycles. The van der Waals surface area contributed by atoms with Crippen LogP contribution >= 0.6 is 0 Å². The summed E-state index contributed by atoms with van der Waals surface area (Å²) in [4.78, 5) is 12.3. The van der Waals surface area contributed by atoms with Crippen LogP contribution < -0.4 is 0 Å². The monoisotopic (exact) mass is 411 g/mol. The molecule has 11 heteroatoms. The van der Waals surface area contributed by atoms with Gasteiger partial charge in [-0.1, -0.05) is 20.1 Å². The Morgan fingerprint density at radius 3 is 2.46 bits per heavy atom. The Hall–Kier alpha value is -2.95. The van der Waals surface area contributed by atoms with Crippen molar-refractivity contribution in [2.75, 3.05) is 5.75 Å². The van der Waals surface area contributed by atoms with Gasteiger partial charge in [-0.05, 0) is 12.1 Å². The number of fused-ring (bicyclic) bond motifs is 1. The molecule has 28 heavy (non-hydrogen) atoms. The summed E-state index contributed by atoms with van der Waals surface area (Å²) in [7, 11) is -2.25. The molecule has 0 atom stereocenters. The molecule has 7 nitrogen and oxygen atoms in total. The van der Waals surface area contributed by atoms with E-state index in [9.17, 15) is 21.6 Å². The van der Waals surface area contributed by atoms with Crippen molar-refractivity contribution in [2.45, 2.75) is 18.1 Å². The lowest BCUT2D eigenvalue weighted by atomic mass is 10.2. The highest BCUT2D eigenvalue weighted by Crippen LogP contribution is 2.33. The van der Waals surface area contributed by atoms with Gasteiger partial charge in [-0.2, -0.15) is 13.2 Å². The third-order valence-corrected chi connectivity index (χ3v) is 5.92. The third-order valence-electron chi connectivity index (χ3n) is 4.18. The van der Waals surface area contributed by atoms with Crippen LogP contribution in [-0.2, 0) is 23.1 Å². The minimum Gasteiger partial charge on any atom is -0.310 e. The Bertz CT molecular complexity index is 1210.